The van der Waals surface area contributed by atoms with Crippen molar-refractivity contribution >= 4 is 5.57 Å². The molecule has 0 saturated heterocycles. The van der Waals surface area contributed by atoms with Gasteiger partial charge in [-0.05, 0) is 91.3 Å². The van der Waals surface area contributed by atoms with E-state index < -0.39 is 0 Å². The van der Waals surface area contributed by atoms with Crippen LogP contribution in [0.1, 0.15) is 48.8 Å². The van der Waals surface area contributed by atoms with Crippen molar-refractivity contribution in [1.29, 1.82) is 0 Å². The van der Waals surface area contributed by atoms with Gasteiger partial charge < -0.3 is 4.74 Å². The monoisotopic (exact) mass is 354 g/mol. The Kier molecular flexibility index (Phi) is 4.56. The fraction of sp³-hybridized carbons (Fsp3) is 0.391. The van der Waals surface area contributed by atoms with Crippen molar-refractivity contribution in [3.05, 3.63) is 70.8 Å². The first kappa shape index (κ1) is 17.3. The number of rotatable bonds is 4. The van der Waals surface area contributed by atoms with Crippen LogP contribution in [0.2, 0.25) is 0 Å². The Morgan fingerprint density at radius 1 is 1.00 bits per heavy atom. The van der Waals surface area contributed by atoms with Crippen LogP contribution in [0.5, 0.6) is 5.75 Å². The van der Waals surface area contributed by atoms with Crippen molar-refractivity contribution < 1.29 is 13.5 Å². The van der Waals surface area contributed by atoms with Gasteiger partial charge in [-0.25, -0.2) is 8.78 Å². The summed E-state index contributed by atoms with van der Waals surface area (Å²) >= 11 is 0. The summed E-state index contributed by atoms with van der Waals surface area (Å²) in [5.41, 5.74) is 3.95. The maximum atomic E-state index is 14.5. The van der Waals surface area contributed by atoms with E-state index in [9.17, 15) is 8.78 Å². The molecule has 1 saturated carbocycles. The smallest absolute Gasteiger partial charge is 0.165 e. The molecule has 1 nitrogen and oxygen atoms in total. The second-order valence-corrected chi connectivity index (χ2v) is 7.45. The molecule has 3 unspecified atom stereocenters. The normalized spacial score (nSPS) is 24.5. The zero-order valence-corrected chi connectivity index (χ0v) is 15.3. The van der Waals surface area contributed by atoms with Crippen LogP contribution in [0, 0.1) is 30.4 Å². The van der Waals surface area contributed by atoms with Gasteiger partial charge in [-0.2, -0.15) is 0 Å². The van der Waals surface area contributed by atoms with E-state index in [1.807, 2.05) is 32.0 Å². The fourth-order valence-electron chi connectivity index (χ4n) is 4.80. The van der Waals surface area contributed by atoms with Gasteiger partial charge in [0.25, 0.3) is 0 Å². The van der Waals surface area contributed by atoms with Crippen LogP contribution in [-0.2, 0) is 0 Å². The number of ether oxygens (including phenoxy) is 1. The summed E-state index contributed by atoms with van der Waals surface area (Å²) in [7, 11) is 0. The zero-order valence-electron chi connectivity index (χ0n) is 15.3. The van der Waals surface area contributed by atoms with Crippen molar-refractivity contribution in [2.75, 3.05) is 6.61 Å². The minimum atomic E-state index is -0.312. The average molecular weight is 354 g/mol. The van der Waals surface area contributed by atoms with Gasteiger partial charge in [0, 0.05) is 0 Å². The molecule has 0 amide bonds. The van der Waals surface area contributed by atoms with E-state index in [1.165, 1.54) is 5.57 Å². The summed E-state index contributed by atoms with van der Waals surface area (Å²) in [4.78, 5) is 0. The van der Waals surface area contributed by atoms with Gasteiger partial charge in [0.15, 0.2) is 11.6 Å². The first-order valence-electron chi connectivity index (χ1n) is 9.47. The van der Waals surface area contributed by atoms with E-state index in [4.69, 9.17) is 4.74 Å². The second-order valence-electron chi connectivity index (χ2n) is 7.45. The molecule has 3 atom stereocenters. The van der Waals surface area contributed by atoms with Crippen molar-refractivity contribution in [3.8, 4) is 5.75 Å². The third kappa shape index (κ3) is 2.94. The molecule has 2 aromatic carbocycles. The molecule has 2 aromatic rings. The Morgan fingerprint density at radius 3 is 2.54 bits per heavy atom. The van der Waals surface area contributed by atoms with E-state index in [0.29, 0.717) is 24.2 Å². The summed E-state index contributed by atoms with van der Waals surface area (Å²) in [6, 6.07) is 10.8. The molecule has 0 aromatic heterocycles. The van der Waals surface area contributed by atoms with Crippen LogP contribution < -0.4 is 4.74 Å². The average Bonchev–Trinajstić information content (AvgIpc) is 3.19. The Balaban J connectivity index is 1.57. The highest BCUT2D eigenvalue weighted by molar-refractivity contribution is 5.71. The molecule has 26 heavy (non-hydrogen) atoms. The first-order valence-corrected chi connectivity index (χ1v) is 9.47. The largest absolute Gasteiger partial charge is 0.491 e. The molecule has 0 spiro atoms. The highest BCUT2D eigenvalue weighted by Gasteiger charge is 2.42. The van der Waals surface area contributed by atoms with E-state index in [1.54, 1.807) is 18.2 Å². The number of halogens is 2. The van der Waals surface area contributed by atoms with Crippen LogP contribution >= 0.6 is 0 Å². The lowest BCUT2D eigenvalue weighted by Crippen LogP contribution is -2.11. The number of aryl methyl sites for hydroxylation is 1. The zero-order chi connectivity index (χ0) is 18.3. The van der Waals surface area contributed by atoms with Crippen LogP contribution in [-0.4, -0.2) is 6.61 Å². The molecule has 2 aliphatic rings. The quantitative estimate of drug-likeness (QED) is 0.629. The minimum Gasteiger partial charge on any atom is -0.491 e. The second kappa shape index (κ2) is 6.86. The lowest BCUT2D eigenvalue weighted by molar-refractivity contribution is 0.321. The molecule has 0 N–H and O–H groups in total. The van der Waals surface area contributed by atoms with Gasteiger partial charge >= 0.3 is 0 Å². The first-order chi connectivity index (χ1) is 12.6. The third-order valence-corrected chi connectivity index (χ3v) is 5.95. The minimum absolute atomic E-state index is 0.0868. The van der Waals surface area contributed by atoms with Gasteiger partial charge in [-0.3, -0.25) is 0 Å². The number of benzene rings is 2. The third-order valence-electron chi connectivity index (χ3n) is 5.95. The standard InChI is InChI=1S/C23H24F2O/c1-3-26-23-11-5-15(13-22(23)25)16-7-8-18-17(16)9-10-19(18)20-6-4-14(2)12-21(20)24/h4-7,11-13,17-19H,3,8-10H2,1-2H3. The van der Waals surface area contributed by atoms with Crippen molar-refractivity contribution in [2.24, 2.45) is 11.8 Å². The van der Waals surface area contributed by atoms with Crippen LogP contribution in [0.4, 0.5) is 8.78 Å². The summed E-state index contributed by atoms with van der Waals surface area (Å²) in [6.07, 6.45) is 5.19. The molecule has 0 radical (unpaired) electrons. The van der Waals surface area contributed by atoms with Crippen LogP contribution in [0.25, 0.3) is 5.57 Å². The van der Waals surface area contributed by atoms with Gasteiger partial charge in [-0.15, -0.1) is 0 Å². The number of hydrogen-bond donors (Lipinski definition) is 0. The van der Waals surface area contributed by atoms with E-state index in [2.05, 4.69) is 6.08 Å². The van der Waals surface area contributed by atoms with E-state index >= 15 is 0 Å². The molecule has 3 heteroatoms. The highest BCUT2D eigenvalue weighted by Crippen LogP contribution is 2.55. The predicted molar refractivity (Wildman–Crippen MR) is 100 cm³/mol. The molecule has 2 aliphatic carbocycles. The van der Waals surface area contributed by atoms with E-state index in [-0.39, 0.29) is 17.6 Å². The fourth-order valence-corrected chi connectivity index (χ4v) is 4.80. The summed E-state index contributed by atoms with van der Waals surface area (Å²) < 4.78 is 34.0. The maximum Gasteiger partial charge on any atom is 0.165 e. The molecule has 4 rings (SSSR count). The Bertz CT molecular complexity index is 855. The molecule has 136 valence electrons. The Hall–Kier alpha value is -2.16. The topological polar surface area (TPSA) is 9.23 Å². The molecular formula is C23H24F2O. The van der Waals surface area contributed by atoms with Gasteiger partial charge in [0.2, 0.25) is 0 Å². The molecular weight excluding hydrogens is 330 g/mol. The van der Waals surface area contributed by atoms with Crippen molar-refractivity contribution in [1.82, 2.24) is 0 Å². The Morgan fingerprint density at radius 2 is 1.81 bits per heavy atom. The molecule has 0 aliphatic heterocycles. The van der Waals surface area contributed by atoms with Crippen molar-refractivity contribution in [2.45, 2.75) is 39.0 Å². The lowest BCUT2D eigenvalue weighted by atomic mass is 9.83. The maximum absolute atomic E-state index is 14.5. The summed E-state index contributed by atoms with van der Waals surface area (Å²) in [5, 5.41) is 0. The summed E-state index contributed by atoms with van der Waals surface area (Å²) in [5.74, 6) is 0.957. The Labute approximate surface area is 153 Å². The van der Waals surface area contributed by atoms with Crippen molar-refractivity contribution in [3.63, 3.8) is 0 Å². The predicted octanol–water partition coefficient (Wildman–Crippen LogP) is 6.27. The molecule has 0 bridgehead atoms. The molecule has 0 heterocycles. The summed E-state index contributed by atoms with van der Waals surface area (Å²) in [6.45, 7) is 4.22. The number of hydrogen-bond acceptors (Lipinski definition) is 1. The van der Waals surface area contributed by atoms with Crippen LogP contribution in [0.3, 0.4) is 0 Å². The van der Waals surface area contributed by atoms with Gasteiger partial charge in [0.05, 0.1) is 6.61 Å². The van der Waals surface area contributed by atoms with E-state index in [0.717, 1.165) is 36.0 Å². The highest BCUT2D eigenvalue weighted by atomic mass is 19.1. The van der Waals surface area contributed by atoms with Gasteiger partial charge in [0.1, 0.15) is 5.82 Å². The SMILES string of the molecule is CCOc1ccc(C2=CCC3C2CCC3c2ccc(C)cc2F)cc1F. The number of fused-ring (bicyclic) bond motifs is 1. The number of allylic oxidation sites excluding steroid dienone is 2. The van der Waals surface area contributed by atoms with Crippen LogP contribution in [0.15, 0.2) is 42.5 Å². The lowest BCUT2D eigenvalue weighted by Gasteiger charge is -2.21. The molecule has 1 fully saturated rings. The van der Waals surface area contributed by atoms with Gasteiger partial charge in [-0.1, -0.05) is 24.3 Å².